The first-order chi connectivity index (χ1) is 10.1. The Morgan fingerprint density at radius 3 is 2.43 bits per heavy atom. The number of anilines is 1. The number of amides is 3. The second kappa shape index (κ2) is 9.80. The molecule has 5 nitrogen and oxygen atoms in total. The van der Waals surface area contributed by atoms with Gasteiger partial charge in [0.2, 0.25) is 5.91 Å². The highest BCUT2D eigenvalue weighted by atomic mass is 16.2. The minimum atomic E-state index is -0.501. The van der Waals surface area contributed by atoms with Crippen molar-refractivity contribution < 1.29 is 9.59 Å². The summed E-state index contributed by atoms with van der Waals surface area (Å²) in [7, 11) is 0. The van der Waals surface area contributed by atoms with Gasteiger partial charge in [0.1, 0.15) is 0 Å². The number of hydrogen-bond acceptors (Lipinski definition) is 2. The second-order valence-electron chi connectivity index (χ2n) is 5.10. The Labute approximate surface area is 126 Å². The van der Waals surface area contributed by atoms with Gasteiger partial charge in [-0.1, -0.05) is 31.9 Å². The molecule has 0 aliphatic carbocycles. The van der Waals surface area contributed by atoms with Crippen LogP contribution in [0.15, 0.2) is 24.3 Å². The first kappa shape index (κ1) is 17.0. The molecule has 0 bridgehead atoms. The summed E-state index contributed by atoms with van der Waals surface area (Å²) in [6.07, 6.45) is 5.21. The smallest absolute Gasteiger partial charge is 0.312 e. The summed E-state index contributed by atoms with van der Waals surface area (Å²) in [6, 6.07) is 7.49. The molecule has 4 N–H and O–H groups in total. The highest BCUT2D eigenvalue weighted by Gasteiger charge is 2.02. The largest absolute Gasteiger partial charge is 0.352 e. The van der Waals surface area contributed by atoms with Gasteiger partial charge in [0.25, 0.3) is 0 Å². The van der Waals surface area contributed by atoms with Gasteiger partial charge in [-0.05, 0) is 37.0 Å². The molecule has 116 valence electrons. The van der Waals surface area contributed by atoms with Crippen LogP contribution in [-0.2, 0) is 11.2 Å². The molecule has 5 heteroatoms. The predicted octanol–water partition coefficient (Wildman–Crippen LogP) is 2.81. The average molecular weight is 291 g/mol. The molecule has 1 rings (SSSR count). The molecule has 3 amide bonds. The van der Waals surface area contributed by atoms with Crippen LogP contribution in [0.3, 0.4) is 0 Å². The van der Waals surface area contributed by atoms with Crippen molar-refractivity contribution in [2.45, 2.75) is 45.4 Å². The fraction of sp³-hybridized carbons (Fsp3) is 0.500. The minimum Gasteiger partial charge on any atom is -0.352 e. The van der Waals surface area contributed by atoms with Crippen LogP contribution >= 0.6 is 0 Å². The number of carbonyl (C=O) groups is 2. The predicted molar refractivity (Wildman–Crippen MR) is 85.1 cm³/mol. The molecule has 1 aromatic rings. The third-order valence-electron chi connectivity index (χ3n) is 3.16. The topological polar surface area (TPSA) is 84.2 Å². The van der Waals surface area contributed by atoms with E-state index in [4.69, 9.17) is 5.73 Å². The van der Waals surface area contributed by atoms with Crippen molar-refractivity contribution in [3.05, 3.63) is 29.8 Å². The number of carbonyl (C=O) groups excluding carboxylic acids is 2. The number of primary amides is 1. The zero-order valence-corrected chi connectivity index (χ0v) is 12.7. The van der Waals surface area contributed by atoms with Crippen LogP contribution < -0.4 is 16.4 Å². The quantitative estimate of drug-likeness (QED) is 0.611. The lowest BCUT2D eigenvalue weighted by Gasteiger charge is -2.06. The third kappa shape index (κ3) is 7.97. The van der Waals surface area contributed by atoms with E-state index in [1.54, 1.807) is 0 Å². The van der Waals surface area contributed by atoms with Crippen LogP contribution in [0.1, 0.15) is 44.6 Å². The van der Waals surface area contributed by atoms with Gasteiger partial charge >= 0.3 is 6.03 Å². The summed E-state index contributed by atoms with van der Waals surface area (Å²) in [5.41, 5.74) is 7.09. The van der Waals surface area contributed by atoms with Crippen molar-refractivity contribution in [3.63, 3.8) is 0 Å². The van der Waals surface area contributed by atoms with Crippen LogP contribution in [0, 0.1) is 0 Å². The van der Waals surface area contributed by atoms with Crippen molar-refractivity contribution in [2.24, 2.45) is 5.73 Å². The van der Waals surface area contributed by atoms with Crippen molar-refractivity contribution in [2.75, 3.05) is 11.9 Å². The molecule has 0 fully saturated rings. The van der Waals surface area contributed by atoms with Gasteiger partial charge in [0, 0.05) is 18.7 Å². The summed E-state index contributed by atoms with van der Waals surface area (Å²) >= 11 is 0. The number of nitrogens with two attached hydrogens (primary N) is 1. The monoisotopic (exact) mass is 291 g/mol. The normalized spacial score (nSPS) is 10.1. The minimum absolute atomic E-state index is 0.0288. The average Bonchev–Trinajstić information content (AvgIpc) is 2.45. The molecular weight excluding hydrogens is 266 g/mol. The molecule has 0 saturated carbocycles. The zero-order valence-electron chi connectivity index (χ0n) is 12.7. The maximum Gasteiger partial charge on any atom is 0.312 e. The molecule has 0 aromatic heterocycles. The molecule has 0 radical (unpaired) electrons. The summed E-state index contributed by atoms with van der Waals surface area (Å²) in [5, 5.41) is 5.42. The van der Waals surface area contributed by atoms with E-state index in [-0.39, 0.29) is 5.91 Å². The van der Waals surface area contributed by atoms with E-state index in [1.807, 2.05) is 12.1 Å². The van der Waals surface area contributed by atoms with Gasteiger partial charge < -0.3 is 16.4 Å². The Morgan fingerprint density at radius 2 is 1.81 bits per heavy atom. The van der Waals surface area contributed by atoms with E-state index in [1.165, 1.54) is 5.56 Å². The van der Waals surface area contributed by atoms with Crippen LogP contribution in [0.2, 0.25) is 0 Å². The highest BCUT2D eigenvalue weighted by Crippen LogP contribution is 2.12. The lowest BCUT2D eigenvalue weighted by molar-refractivity contribution is -0.116. The maximum absolute atomic E-state index is 11.8. The number of aryl methyl sites for hydroxylation is 1. The zero-order chi connectivity index (χ0) is 15.5. The lowest BCUT2D eigenvalue weighted by atomic mass is 10.1. The van der Waals surface area contributed by atoms with Crippen molar-refractivity contribution in [3.8, 4) is 0 Å². The first-order valence-electron chi connectivity index (χ1n) is 7.54. The number of rotatable bonds is 9. The molecule has 0 spiro atoms. The Hall–Kier alpha value is -2.04. The molecule has 0 unspecified atom stereocenters. The van der Waals surface area contributed by atoms with Crippen molar-refractivity contribution in [1.29, 1.82) is 0 Å². The van der Waals surface area contributed by atoms with Gasteiger partial charge in [-0.15, -0.1) is 0 Å². The van der Waals surface area contributed by atoms with Gasteiger partial charge in [-0.25, -0.2) is 4.79 Å². The van der Waals surface area contributed by atoms with Crippen LogP contribution in [0.5, 0.6) is 0 Å². The molecular formula is C16H25N3O2. The Bertz CT molecular complexity index is 443. The molecule has 0 aliphatic heterocycles. The summed E-state index contributed by atoms with van der Waals surface area (Å²) in [6.45, 7) is 2.71. The van der Waals surface area contributed by atoms with Gasteiger partial charge in [0.15, 0.2) is 0 Å². The van der Waals surface area contributed by atoms with Gasteiger partial charge in [-0.3, -0.25) is 4.79 Å². The fourth-order valence-electron chi connectivity index (χ4n) is 2.07. The molecule has 21 heavy (non-hydrogen) atoms. The molecule has 0 saturated heterocycles. The lowest BCUT2D eigenvalue weighted by Crippen LogP contribution is -2.29. The van der Waals surface area contributed by atoms with E-state index in [0.29, 0.717) is 13.0 Å². The Kier molecular flexibility index (Phi) is 7.94. The van der Waals surface area contributed by atoms with E-state index in [2.05, 4.69) is 29.7 Å². The van der Waals surface area contributed by atoms with Crippen LogP contribution in [-0.4, -0.2) is 18.5 Å². The summed E-state index contributed by atoms with van der Waals surface area (Å²) < 4.78 is 0. The van der Waals surface area contributed by atoms with Crippen molar-refractivity contribution >= 4 is 17.6 Å². The Morgan fingerprint density at radius 1 is 1.10 bits per heavy atom. The SMILES string of the molecule is CCCc1ccc(NC(=O)CCCCCNC(N)=O)cc1. The summed E-state index contributed by atoms with van der Waals surface area (Å²) in [5.74, 6) is 0.0288. The number of nitrogens with one attached hydrogen (secondary N) is 2. The fourth-order valence-corrected chi connectivity index (χ4v) is 2.07. The molecule has 0 atom stereocenters. The number of urea groups is 1. The van der Waals surface area contributed by atoms with Gasteiger partial charge in [0.05, 0.1) is 0 Å². The van der Waals surface area contributed by atoms with Gasteiger partial charge in [-0.2, -0.15) is 0 Å². The number of unbranched alkanes of at least 4 members (excludes halogenated alkanes) is 2. The molecule has 1 aromatic carbocycles. The number of benzene rings is 1. The van der Waals surface area contributed by atoms with E-state index in [0.717, 1.165) is 37.8 Å². The first-order valence-corrected chi connectivity index (χ1v) is 7.54. The van der Waals surface area contributed by atoms with E-state index in [9.17, 15) is 9.59 Å². The standard InChI is InChI=1S/C16H25N3O2/c1-2-6-13-8-10-14(11-9-13)19-15(20)7-4-3-5-12-18-16(17)21/h8-11H,2-7,12H2,1H3,(H,19,20)(H3,17,18,21). The third-order valence-corrected chi connectivity index (χ3v) is 3.16. The van der Waals surface area contributed by atoms with E-state index >= 15 is 0 Å². The van der Waals surface area contributed by atoms with Crippen molar-refractivity contribution in [1.82, 2.24) is 5.32 Å². The Balaban J connectivity index is 2.16. The van der Waals surface area contributed by atoms with E-state index < -0.39 is 6.03 Å². The molecule has 0 aliphatic rings. The summed E-state index contributed by atoms with van der Waals surface area (Å²) in [4.78, 5) is 22.2. The second-order valence-corrected chi connectivity index (χ2v) is 5.10. The molecule has 0 heterocycles. The maximum atomic E-state index is 11.8. The van der Waals surface area contributed by atoms with Crippen LogP contribution in [0.25, 0.3) is 0 Å². The van der Waals surface area contributed by atoms with Crippen LogP contribution in [0.4, 0.5) is 10.5 Å². The highest BCUT2D eigenvalue weighted by molar-refractivity contribution is 5.90. The number of hydrogen-bond donors (Lipinski definition) is 3.